The quantitative estimate of drug-likeness (QED) is 0.694. The fraction of sp³-hybridized carbons (Fsp3) is 0.500. The van der Waals surface area contributed by atoms with Gasteiger partial charge in [0.05, 0.1) is 12.7 Å². The number of amides is 1. The van der Waals surface area contributed by atoms with E-state index in [0.29, 0.717) is 30.8 Å². The molecule has 7 nitrogen and oxygen atoms in total. The molecule has 0 spiro atoms. The molecule has 2 rings (SSSR count). The molecule has 148 valence electrons. The summed E-state index contributed by atoms with van der Waals surface area (Å²) in [6.45, 7) is 4.44. The molecule has 1 fully saturated rings. The van der Waals surface area contributed by atoms with E-state index in [-0.39, 0.29) is 23.7 Å². The Balaban J connectivity index is 2.05. The number of carboxylic acid groups (broad SMARTS) is 1. The molecule has 1 aromatic rings. The van der Waals surface area contributed by atoms with Crippen molar-refractivity contribution in [2.45, 2.75) is 44.8 Å². The first kappa shape index (κ1) is 20.8. The molecule has 1 heterocycles. The monoisotopic (exact) mass is 376 g/mol. The third-order valence-electron chi connectivity index (χ3n) is 4.65. The Hall–Kier alpha value is -2.54. The number of phenols is 1. The Morgan fingerprint density at radius 3 is 2.85 bits per heavy atom. The molecule has 0 aromatic heterocycles. The Morgan fingerprint density at radius 2 is 2.22 bits per heavy atom. The van der Waals surface area contributed by atoms with Crippen LogP contribution >= 0.6 is 0 Å². The first-order valence-corrected chi connectivity index (χ1v) is 8.89. The SMILES string of the molecule is COc1cc(/C=C/C(=O)N[C@@H](CC(=O)[O-])[C@H]2CCOC(C)(C)C2)ccc1O. The minimum Gasteiger partial charge on any atom is -0.550 e. The fourth-order valence-corrected chi connectivity index (χ4v) is 3.34. The first-order chi connectivity index (χ1) is 12.7. The molecular weight excluding hydrogens is 350 g/mol. The van der Waals surface area contributed by atoms with E-state index in [1.54, 1.807) is 18.2 Å². The van der Waals surface area contributed by atoms with E-state index in [4.69, 9.17) is 9.47 Å². The fourth-order valence-electron chi connectivity index (χ4n) is 3.34. The third-order valence-corrected chi connectivity index (χ3v) is 4.65. The van der Waals surface area contributed by atoms with Crippen LogP contribution in [0.5, 0.6) is 11.5 Å². The summed E-state index contributed by atoms with van der Waals surface area (Å²) in [5, 5.41) is 23.5. The Labute approximate surface area is 159 Å². The normalized spacial score (nSPS) is 20.2. The second kappa shape index (κ2) is 8.90. The average molecular weight is 376 g/mol. The van der Waals surface area contributed by atoms with Gasteiger partial charge < -0.3 is 29.8 Å². The van der Waals surface area contributed by atoms with Crippen molar-refractivity contribution >= 4 is 18.0 Å². The summed E-state index contributed by atoms with van der Waals surface area (Å²) in [5.41, 5.74) is 0.319. The van der Waals surface area contributed by atoms with Gasteiger partial charge in [0, 0.05) is 31.1 Å². The second-order valence-electron chi connectivity index (χ2n) is 7.32. The number of hydrogen-bond donors (Lipinski definition) is 2. The summed E-state index contributed by atoms with van der Waals surface area (Å²) in [6.07, 6.45) is 4.00. The maximum atomic E-state index is 12.3. The van der Waals surface area contributed by atoms with Crippen molar-refractivity contribution in [3.8, 4) is 11.5 Å². The standard InChI is InChI=1S/C20H27NO6/c1-20(2)12-14(8-9-27-20)15(11-19(24)25)21-18(23)7-5-13-4-6-16(22)17(10-13)26-3/h4-7,10,14-15,22H,8-9,11-12H2,1-3H3,(H,21,23)(H,24,25)/p-1/b7-5+/t14-,15-/m0/s1. The largest absolute Gasteiger partial charge is 0.550 e. The maximum Gasteiger partial charge on any atom is 0.244 e. The van der Waals surface area contributed by atoms with E-state index in [2.05, 4.69) is 5.32 Å². The van der Waals surface area contributed by atoms with Gasteiger partial charge in [-0.3, -0.25) is 4.79 Å². The van der Waals surface area contributed by atoms with Gasteiger partial charge in [0.1, 0.15) is 0 Å². The number of nitrogens with one attached hydrogen (secondary N) is 1. The van der Waals surface area contributed by atoms with Crippen molar-refractivity contribution < 1.29 is 29.3 Å². The average Bonchev–Trinajstić information content (AvgIpc) is 2.59. The summed E-state index contributed by atoms with van der Waals surface area (Å²) in [7, 11) is 1.44. The molecule has 0 saturated carbocycles. The summed E-state index contributed by atoms with van der Waals surface area (Å²) in [5.74, 6) is -1.28. The molecule has 0 unspecified atom stereocenters. The highest BCUT2D eigenvalue weighted by atomic mass is 16.5. The highest BCUT2D eigenvalue weighted by Gasteiger charge is 2.34. The van der Waals surface area contributed by atoms with Crippen molar-refractivity contribution in [3.05, 3.63) is 29.8 Å². The number of methoxy groups -OCH3 is 1. The minimum absolute atomic E-state index is 0.00207. The molecular formula is C20H26NO6-. The predicted octanol–water partition coefficient (Wildman–Crippen LogP) is 1.24. The van der Waals surface area contributed by atoms with Crippen LogP contribution in [-0.4, -0.2) is 42.3 Å². The number of benzene rings is 1. The van der Waals surface area contributed by atoms with Gasteiger partial charge in [0.2, 0.25) is 5.91 Å². The zero-order valence-electron chi connectivity index (χ0n) is 15.9. The predicted molar refractivity (Wildman–Crippen MR) is 98.0 cm³/mol. The summed E-state index contributed by atoms with van der Waals surface area (Å²) < 4.78 is 10.7. The number of aromatic hydroxyl groups is 1. The molecule has 1 saturated heterocycles. The van der Waals surface area contributed by atoms with E-state index in [1.165, 1.54) is 19.3 Å². The molecule has 0 aliphatic carbocycles. The van der Waals surface area contributed by atoms with Gasteiger partial charge in [-0.15, -0.1) is 0 Å². The van der Waals surface area contributed by atoms with Crippen molar-refractivity contribution in [1.29, 1.82) is 0 Å². The number of ether oxygens (including phenoxy) is 2. The van der Waals surface area contributed by atoms with Crippen LogP contribution in [0.1, 0.15) is 38.7 Å². The molecule has 2 atom stereocenters. The number of hydrogen-bond acceptors (Lipinski definition) is 6. The van der Waals surface area contributed by atoms with E-state index >= 15 is 0 Å². The number of carbonyl (C=O) groups excluding carboxylic acids is 2. The molecule has 0 bridgehead atoms. The molecule has 27 heavy (non-hydrogen) atoms. The molecule has 7 heteroatoms. The summed E-state index contributed by atoms with van der Waals surface area (Å²) in [4.78, 5) is 23.4. The lowest BCUT2D eigenvalue weighted by Gasteiger charge is -2.39. The third kappa shape index (κ3) is 6.29. The van der Waals surface area contributed by atoms with Crippen LogP contribution in [0.3, 0.4) is 0 Å². The zero-order chi connectivity index (χ0) is 20.0. The van der Waals surface area contributed by atoms with Crippen LogP contribution in [0.15, 0.2) is 24.3 Å². The second-order valence-corrected chi connectivity index (χ2v) is 7.32. The van der Waals surface area contributed by atoms with Crippen molar-refractivity contribution in [3.63, 3.8) is 0 Å². The number of rotatable bonds is 7. The van der Waals surface area contributed by atoms with Gasteiger partial charge in [-0.25, -0.2) is 0 Å². The lowest BCUT2D eigenvalue weighted by atomic mass is 9.82. The summed E-state index contributed by atoms with van der Waals surface area (Å²) >= 11 is 0. The van der Waals surface area contributed by atoms with Gasteiger partial charge in [0.15, 0.2) is 11.5 Å². The highest BCUT2D eigenvalue weighted by Crippen LogP contribution is 2.31. The lowest BCUT2D eigenvalue weighted by Crippen LogP contribution is -2.48. The molecule has 1 aliphatic rings. The first-order valence-electron chi connectivity index (χ1n) is 8.89. The lowest BCUT2D eigenvalue weighted by molar-refractivity contribution is -0.306. The number of aliphatic carboxylic acids is 1. The highest BCUT2D eigenvalue weighted by molar-refractivity contribution is 5.92. The van der Waals surface area contributed by atoms with Gasteiger partial charge in [-0.2, -0.15) is 0 Å². The van der Waals surface area contributed by atoms with E-state index < -0.39 is 17.9 Å². The van der Waals surface area contributed by atoms with Crippen LogP contribution in [0.25, 0.3) is 6.08 Å². The van der Waals surface area contributed by atoms with Crippen LogP contribution in [0.4, 0.5) is 0 Å². The number of carbonyl (C=O) groups is 2. The van der Waals surface area contributed by atoms with Crippen molar-refractivity contribution in [2.75, 3.05) is 13.7 Å². The number of phenolic OH excluding ortho intramolecular Hbond substituents is 1. The van der Waals surface area contributed by atoms with Crippen LogP contribution < -0.4 is 15.2 Å². The smallest absolute Gasteiger partial charge is 0.244 e. The molecule has 2 N–H and O–H groups in total. The molecule has 1 amide bonds. The molecule has 1 aliphatic heterocycles. The Kier molecular flexibility index (Phi) is 6.85. The summed E-state index contributed by atoms with van der Waals surface area (Å²) in [6, 6.07) is 4.18. The minimum atomic E-state index is -1.20. The van der Waals surface area contributed by atoms with Crippen molar-refractivity contribution in [2.24, 2.45) is 5.92 Å². The van der Waals surface area contributed by atoms with Gasteiger partial charge >= 0.3 is 0 Å². The zero-order valence-corrected chi connectivity index (χ0v) is 15.9. The van der Waals surface area contributed by atoms with Gasteiger partial charge in [0.25, 0.3) is 0 Å². The van der Waals surface area contributed by atoms with Crippen LogP contribution in [0.2, 0.25) is 0 Å². The molecule has 0 radical (unpaired) electrons. The Morgan fingerprint density at radius 1 is 1.48 bits per heavy atom. The number of carboxylic acids is 1. The Bertz CT molecular complexity index is 712. The van der Waals surface area contributed by atoms with Crippen LogP contribution in [0, 0.1) is 5.92 Å². The molecule has 1 aromatic carbocycles. The topological polar surface area (TPSA) is 108 Å². The van der Waals surface area contributed by atoms with E-state index in [9.17, 15) is 19.8 Å². The van der Waals surface area contributed by atoms with Gasteiger partial charge in [-0.1, -0.05) is 6.07 Å². The van der Waals surface area contributed by atoms with Crippen molar-refractivity contribution in [1.82, 2.24) is 5.32 Å². The van der Waals surface area contributed by atoms with Gasteiger partial charge in [-0.05, 0) is 56.4 Å². The van der Waals surface area contributed by atoms with Crippen LogP contribution in [-0.2, 0) is 14.3 Å². The van der Waals surface area contributed by atoms with E-state index in [1.807, 2.05) is 13.8 Å². The maximum absolute atomic E-state index is 12.3. The van der Waals surface area contributed by atoms with E-state index in [0.717, 1.165) is 0 Å².